The minimum atomic E-state index is -0.323. The molecule has 0 radical (unpaired) electrons. The van der Waals surface area contributed by atoms with E-state index in [1.165, 1.54) is 12.1 Å². The van der Waals surface area contributed by atoms with Gasteiger partial charge in [0.25, 0.3) is 0 Å². The number of aromatic nitrogens is 2. The van der Waals surface area contributed by atoms with Crippen molar-refractivity contribution in [2.24, 2.45) is 0 Å². The number of halogens is 1. The molecular weight excluding hydrogens is 339 g/mol. The predicted molar refractivity (Wildman–Crippen MR) is 95.2 cm³/mol. The summed E-state index contributed by atoms with van der Waals surface area (Å²) in [6.45, 7) is 2.09. The molecule has 0 aliphatic carbocycles. The molecule has 1 aromatic carbocycles. The molecule has 0 bridgehead atoms. The Balaban J connectivity index is 1.46. The van der Waals surface area contributed by atoms with Gasteiger partial charge in [0, 0.05) is 25.3 Å². The van der Waals surface area contributed by atoms with E-state index in [-0.39, 0.29) is 30.5 Å². The van der Waals surface area contributed by atoms with E-state index in [1.54, 1.807) is 6.07 Å². The molecule has 8 heteroatoms. The maximum absolute atomic E-state index is 13.2. The number of nitrogens with zero attached hydrogens (tertiary/aromatic N) is 2. The molecule has 26 heavy (non-hydrogen) atoms. The third-order valence-electron chi connectivity index (χ3n) is 4.95. The summed E-state index contributed by atoms with van der Waals surface area (Å²) in [4.78, 5) is 21.5. The summed E-state index contributed by atoms with van der Waals surface area (Å²) in [7, 11) is 4.05. The third-order valence-corrected chi connectivity index (χ3v) is 4.95. The van der Waals surface area contributed by atoms with Gasteiger partial charge in [-0.3, -0.25) is 4.79 Å². The van der Waals surface area contributed by atoms with E-state index in [9.17, 15) is 9.18 Å². The summed E-state index contributed by atoms with van der Waals surface area (Å²) in [6, 6.07) is 4.34. The number of imidazole rings is 1. The number of carbonyl (C=O) groups excluding carboxylic acids is 1. The van der Waals surface area contributed by atoms with Gasteiger partial charge in [0.2, 0.25) is 5.91 Å². The number of amides is 1. The van der Waals surface area contributed by atoms with Crippen LogP contribution in [0.25, 0.3) is 11.0 Å². The van der Waals surface area contributed by atoms with Crippen LogP contribution < -0.4 is 5.32 Å². The van der Waals surface area contributed by atoms with Crippen molar-refractivity contribution in [2.45, 2.75) is 25.0 Å². The first-order valence-corrected chi connectivity index (χ1v) is 8.72. The van der Waals surface area contributed by atoms with Gasteiger partial charge in [-0.1, -0.05) is 0 Å². The third kappa shape index (κ3) is 4.38. The van der Waals surface area contributed by atoms with Gasteiger partial charge < -0.3 is 24.7 Å². The summed E-state index contributed by atoms with van der Waals surface area (Å²) in [5.74, 6) is 0.0726. The molecule has 7 nitrogen and oxygen atoms in total. The number of hydrogen-bond donors (Lipinski definition) is 2. The summed E-state index contributed by atoms with van der Waals surface area (Å²) >= 11 is 0. The molecule has 2 N–H and O–H groups in total. The minimum Gasteiger partial charge on any atom is -0.381 e. The van der Waals surface area contributed by atoms with Gasteiger partial charge >= 0.3 is 0 Å². The molecule has 1 aromatic heterocycles. The number of fused-ring (bicyclic) bond motifs is 1. The Labute approximate surface area is 151 Å². The van der Waals surface area contributed by atoms with E-state index in [4.69, 9.17) is 9.47 Å². The van der Waals surface area contributed by atoms with Crippen LogP contribution >= 0.6 is 0 Å². The van der Waals surface area contributed by atoms with Crippen molar-refractivity contribution in [2.75, 3.05) is 40.5 Å². The highest BCUT2D eigenvalue weighted by Crippen LogP contribution is 2.25. The van der Waals surface area contributed by atoms with Gasteiger partial charge in [-0.05, 0) is 45.1 Å². The lowest BCUT2D eigenvalue weighted by molar-refractivity contribution is -0.127. The van der Waals surface area contributed by atoms with Crippen LogP contribution in [0.1, 0.15) is 18.7 Å². The van der Waals surface area contributed by atoms with Gasteiger partial charge in [-0.25, -0.2) is 9.37 Å². The Bertz CT molecular complexity index is 756. The van der Waals surface area contributed by atoms with Crippen molar-refractivity contribution < 1.29 is 18.7 Å². The maximum atomic E-state index is 13.2. The first-order valence-electron chi connectivity index (χ1n) is 8.72. The Kier molecular flexibility index (Phi) is 5.85. The fraction of sp³-hybridized carbons (Fsp3) is 0.556. The lowest BCUT2D eigenvalue weighted by Crippen LogP contribution is -2.56. The molecule has 1 amide bonds. The zero-order valence-electron chi connectivity index (χ0n) is 15.2. The van der Waals surface area contributed by atoms with Crippen molar-refractivity contribution in [1.82, 2.24) is 20.2 Å². The highest BCUT2D eigenvalue weighted by Gasteiger charge is 2.34. The van der Waals surface area contributed by atoms with Crippen molar-refractivity contribution in [3.63, 3.8) is 0 Å². The van der Waals surface area contributed by atoms with Crippen LogP contribution in [-0.2, 0) is 20.9 Å². The SMILES string of the molecule is CN(C)C1(CNC(=O)COCc2nc3ccc(F)cc3[nH]2)CCOCC1. The van der Waals surface area contributed by atoms with Crippen LogP contribution in [0.5, 0.6) is 0 Å². The quantitative estimate of drug-likeness (QED) is 0.777. The summed E-state index contributed by atoms with van der Waals surface area (Å²) in [5, 5.41) is 2.95. The molecule has 1 aliphatic heterocycles. The minimum absolute atomic E-state index is 0.0502. The van der Waals surface area contributed by atoms with Gasteiger partial charge in [0.05, 0.1) is 11.0 Å². The second-order valence-electron chi connectivity index (χ2n) is 6.85. The number of H-pyrrole nitrogens is 1. The van der Waals surface area contributed by atoms with Gasteiger partial charge in [-0.15, -0.1) is 0 Å². The van der Waals surface area contributed by atoms with E-state index in [0.717, 1.165) is 12.8 Å². The highest BCUT2D eigenvalue weighted by molar-refractivity contribution is 5.77. The molecule has 2 aromatic rings. The molecule has 1 fully saturated rings. The van der Waals surface area contributed by atoms with Crippen LogP contribution in [0, 0.1) is 5.82 Å². The monoisotopic (exact) mass is 364 g/mol. The lowest BCUT2D eigenvalue weighted by Gasteiger charge is -2.42. The zero-order valence-corrected chi connectivity index (χ0v) is 15.2. The van der Waals surface area contributed by atoms with Crippen LogP contribution in [0.15, 0.2) is 18.2 Å². The van der Waals surface area contributed by atoms with Gasteiger partial charge in [-0.2, -0.15) is 0 Å². The normalized spacial score (nSPS) is 16.9. The van der Waals surface area contributed by atoms with Crippen LogP contribution in [0.4, 0.5) is 4.39 Å². The topological polar surface area (TPSA) is 79.5 Å². The second kappa shape index (κ2) is 8.11. The van der Waals surface area contributed by atoms with Crippen molar-refractivity contribution in [1.29, 1.82) is 0 Å². The van der Waals surface area contributed by atoms with Crippen LogP contribution in [0.3, 0.4) is 0 Å². The standard InChI is InChI=1S/C18H25FN4O3/c1-23(2)18(5-7-25-8-6-18)12-20-17(24)11-26-10-16-21-14-4-3-13(19)9-15(14)22-16/h3-4,9H,5-8,10-12H2,1-2H3,(H,20,24)(H,21,22). The second-order valence-corrected chi connectivity index (χ2v) is 6.85. The number of nitrogens with one attached hydrogen (secondary N) is 2. The highest BCUT2D eigenvalue weighted by atomic mass is 19.1. The molecule has 3 rings (SSSR count). The number of carbonyl (C=O) groups is 1. The van der Waals surface area contributed by atoms with Gasteiger partial charge in [0.15, 0.2) is 0 Å². The summed E-state index contributed by atoms with van der Waals surface area (Å²) < 4.78 is 24.1. The number of aromatic amines is 1. The summed E-state index contributed by atoms with van der Waals surface area (Å²) in [5.41, 5.74) is 1.21. The van der Waals surface area contributed by atoms with E-state index in [2.05, 4.69) is 20.2 Å². The Morgan fingerprint density at radius 3 is 2.92 bits per heavy atom. The number of likely N-dealkylation sites (N-methyl/N-ethyl adjacent to an activating group) is 1. The van der Waals surface area contributed by atoms with E-state index in [1.807, 2.05) is 14.1 Å². The van der Waals surface area contributed by atoms with Crippen molar-refractivity contribution in [3.05, 3.63) is 29.8 Å². The van der Waals surface area contributed by atoms with E-state index < -0.39 is 0 Å². The number of rotatable bonds is 7. The van der Waals surface area contributed by atoms with Crippen molar-refractivity contribution >= 4 is 16.9 Å². The van der Waals surface area contributed by atoms with Gasteiger partial charge in [0.1, 0.15) is 24.9 Å². The van der Waals surface area contributed by atoms with Crippen molar-refractivity contribution in [3.8, 4) is 0 Å². The number of benzene rings is 1. The molecule has 0 unspecified atom stereocenters. The number of ether oxygens (including phenoxy) is 2. The smallest absolute Gasteiger partial charge is 0.246 e. The Morgan fingerprint density at radius 2 is 2.19 bits per heavy atom. The fourth-order valence-electron chi connectivity index (χ4n) is 3.19. The largest absolute Gasteiger partial charge is 0.381 e. The van der Waals surface area contributed by atoms with E-state index >= 15 is 0 Å². The first kappa shape index (κ1) is 18.8. The summed E-state index contributed by atoms with van der Waals surface area (Å²) in [6.07, 6.45) is 1.77. The molecule has 2 heterocycles. The molecule has 0 atom stereocenters. The predicted octanol–water partition coefficient (Wildman–Crippen LogP) is 1.45. The molecule has 1 aliphatic rings. The van der Waals surface area contributed by atoms with E-state index in [0.29, 0.717) is 36.6 Å². The van der Waals surface area contributed by atoms with Crippen LogP contribution in [-0.4, -0.2) is 66.8 Å². The lowest BCUT2D eigenvalue weighted by atomic mass is 9.88. The molecule has 0 saturated carbocycles. The Hall–Kier alpha value is -2.03. The first-order chi connectivity index (χ1) is 12.5. The average molecular weight is 364 g/mol. The maximum Gasteiger partial charge on any atom is 0.246 e. The van der Waals surface area contributed by atoms with Crippen LogP contribution in [0.2, 0.25) is 0 Å². The Morgan fingerprint density at radius 1 is 1.42 bits per heavy atom. The molecule has 1 saturated heterocycles. The molecule has 0 spiro atoms. The number of hydrogen-bond acceptors (Lipinski definition) is 5. The molecular formula is C18H25FN4O3. The molecule has 142 valence electrons. The fourth-order valence-corrected chi connectivity index (χ4v) is 3.19. The average Bonchev–Trinajstić information content (AvgIpc) is 3.02. The zero-order chi connectivity index (χ0) is 18.6.